The van der Waals surface area contributed by atoms with Crippen LogP contribution in [-0.4, -0.2) is 55.0 Å². The number of hydrogen-bond acceptors (Lipinski definition) is 8. The minimum Gasteiger partial charge on any atom is -0.463 e. The lowest BCUT2D eigenvalue weighted by molar-refractivity contribution is -0.219. The number of hydrogen-bond donors (Lipinski definition) is 0. The summed E-state index contributed by atoms with van der Waals surface area (Å²) in [5.41, 5.74) is 8.83. The highest BCUT2D eigenvalue weighted by atomic mass is 16.6. The average molecular weight is 355 g/mol. The summed E-state index contributed by atoms with van der Waals surface area (Å²) in [7, 11) is 0. The standard InChI is InChI=1S/C15H21N3O7/c1-5-6-11-13(17-18-16)15(24-10(4)21)14(23-9(3)20)12(25-11)7-22-8(2)19/h5,11-15H,1,6-7H2,2-4H3/t11?,12-,13?,14+,15?/m1/s1. The topological polar surface area (TPSA) is 137 Å². The summed E-state index contributed by atoms with van der Waals surface area (Å²) >= 11 is 0. The van der Waals surface area contributed by atoms with Gasteiger partial charge in [0.25, 0.3) is 0 Å². The van der Waals surface area contributed by atoms with Gasteiger partial charge < -0.3 is 18.9 Å². The molecule has 0 aliphatic carbocycles. The van der Waals surface area contributed by atoms with Crippen LogP contribution < -0.4 is 0 Å². The van der Waals surface area contributed by atoms with Crippen LogP contribution in [0.4, 0.5) is 0 Å². The van der Waals surface area contributed by atoms with Crippen molar-refractivity contribution in [3.05, 3.63) is 23.1 Å². The van der Waals surface area contributed by atoms with E-state index in [0.717, 1.165) is 0 Å². The maximum atomic E-state index is 11.5. The number of nitrogens with zero attached hydrogens (tertiary/aromatic N) is 3. The summed E-state index contributed by atoms with van der Waals surface area (Å²) in [6.07, 6.45) is -1.94. The van der Waals surface area contributed by atoms with E-state index in [0.29, 0.717) is 0 Å². The van der Waals surface area contributed by atoms with Crippen LogP contribution >= 0.6 is 0 Å². The first-order valence-electron chi connectivity index (χ1n) is 7.58. The van der Waals surface area contributed by atoms with Crippen LogP contribution in [0.2, 0.25) is 0 Å². The second-order valence-corrected chi connectivity index (χ2v) is 5.38. The molecule has 25 heavy (non-hydrogen) atoms. The van der Waals surface area contributed by atoms with Crippen molar-refractivity contribution in [1.82, 2.24) is 0 Å². The Bertz CT molecular complexity index is 573. The Hall–Kier alpha value is -2.58. The van der Waals surface area contributed by atoms with Crippen molar-refractivity contribution in [3.8, 4) is 0 Å². The fraction of sp³-hybridized carbons (Fsp3) is 0.667. The molecule has 1 rings (SSSR count). The summed E-state index contributed by atoms with van der Waals surface area (Å²) < 4.78 is 21.2. The van der Waals surface area contributed by atoms with Gasteiger partial charge in [0.1, 0.15) is 18.8 Å². The number of esters is 3. The van der Waals surface area contributed by atoms with Crippen LogP contribution in [-0.2, 0) is 33.3 Å². The first-order valence-corrected chi connectivity index (χ1v) is 7.58. The lowest BCUT2D eigenvalue weighted by atomic mass is 9.91. The molecule has 0 radical (unpaired) electrons. The van der Waals surface area contributed by atoms with Gasteiger partial charge in [0.15, 0.2) is 12.2 Å². The van der Waals surface area contributed by atoms with E-state index in [1.54, 1.807) is 6.08 Å². The zero-order valence-corrected chi connectivity index (χ0v) is 14.3. The third-order valence-electron chi connectivity index (χ3n) is 3.40. The van der Waals surface area contributed by atoms with Crippen LogP contribution in [0, 0.1) is 0 Å². The number of carbonyl (C=O) groups is 3. The highest BCUT2D eigenvalue weighted by molar-refractivity contribution is 5.68. The first kappa shape index (κ1) is 20.5. The lowest BCUT2D eigenvalue weighted by Gasteiger charge is -2.43. The Balaban J connectivity index is 3.23. The van der Waals surface area contributed by atoms with Crippen LogP contribution in [0.5, 0.6) is 0 Å². The number of carbonyl (C=O) groups excluding carboxylic acids is 3. The average Bonchev–Trinajstić information content (AvgIpc) is 2.50. The molecule has 1 heterocycles. The van der Waals surface area contributed by atoms with Crippen molar-refractivity contribution in [3.63, 3.8) is 0 Å². The molecule has 1 aliphatic rings. The van der Waals surface area contributed by atoms with Gasteiger partial charge in [-0.15, -0.1) is 6.58 Å². The molecule has 5 atom stereocenters. The van der Waals surface area contributed by atoms with Crippen LogP contribution in [0.25, 0.3) is 10.4 Å². The zero-order chi connectivity index (χ0) is 19.0. The predicted octanol–water partition coefficient (Wildman–Crippen LogP) is 1.44. The molecule has 0 saturated carbocycles. The quantitative estimate of drug-likeness (QED) is 0.168. The zero-order valence-electron chi connectivity index (χ0n) is 14.3. The van der Waals surface area contributed by atoms with Gasteiger partial charge in [-0.3, -0.25) is 14.4 Å². The molecule has 0 aromatic rings. The predicted molar refractivity (Wildman–Crippen MR) is 84.2 cm³/mol. The van der Waals surface area contributed by atoms with E-state index in [1.807, 2.05) is 0 Å². The van der Waals surface area contributed by atoms with Gasteiger partial charge in [0, 0.05) is 25.7 Å². The Kier molecular flexibility index (Phi) is 7.90. The van der Waals surface area contributed by atoms with Crippen molar-refractivity contribution in [2.45, 2.75) is 57.6 Å². The molecule has 0 aromatic carbocycles. The molecule has 10 nitrogen and oxygen atoms in total. The minimum absolute atomic E-state index is 0.221. The van der Waals surface area contributed by atoms with E-state index in [4.69, 9.17) is 24.5 Å². The van der Waals surface area contributed by atoms with Crippen LogP contribution in [0.15, 0.2) is 17.8 Å². The van der Waals surface area contributed by atoms with Crippen molar-refractivity contribution in [2.75, 3.05) is 6.61 Å². The number of rotatable bonds is 7. The molecule has 0 amide bonds. The summed E-state index contributed by atoms with van der Waals surface area (Å²) in [4.78, 5) is 36.8. The molecule has 0 bridgehead atoms. The van der Waals surface area contributed by atoms with Crippen molar-refractivity contribution < 1.29 is 33.3 Å². The minimum atomic E-state index is -1.10. The maximum Gasteiger partial charge on any atom is 0.303 e. The SMILES string of the molecule is C=CCC1O[C@H](COC(C)=O)[C@H](OC(C)=O)C(OC(C)=O)C1N=[N+]=[N-]. The fourth-order valence-corrected chi connectivity index (χ4v) is 2.56. The summed E-state index contributed by atoms with van der Waals surface area (Å²) in [5, 5.41) is 3.64. The molecule has 1 aliphatic heterocycles. The Morgan fingerprint density at radius 2 is 1.72 bits per heavy atom. The van der Waals surface area contributed by atoms with E-state index in [-0.39, 0.29) is 13.0 Å². The second-order valence-electron chi connectivity index (χ2n) is 5.38. The van der Waals surface area contributed by atoms with E-state index >= 15 is 0 Å². The summed E-state index contributed by atoms with van der Waals surface area (Å²) in [5.74, 6) is -1.85. The normalized spacial score (nSPS) is 28.2. The fourth-order valence-electron chi connectivity index (χ4n) is 2.56. The monoisotopic (exact) mass is 355 g/mol. The second kappa shape index (κ2) is 9.65. The molecular weight excluding hydrogens is 334 g/mol. The smallest absolute Gasteiger partial charge is 0.303 e. The molecule has 0 spiro atoms. The Morgan fingerprint density at radius 3 is 2.20 bits per heavy atom. The number of ether oxygens (including phenoxy) is 4. The maximum absolute atomic E-state index is 11.5. The molecule has 138 valence electrons. The molecule has 10 heteroatoms. The van der Waals surface area contributed by atoms with Gasteiger partial charge in [-0.05, 0) is 12.0 Å². The third kappa shape index (κ3) is 6.09. The van der Waals surface area contributed by atoms with E-state index < -0.39 is 48.4 Å². The summed E-state index contributed by atoms with van der Waals surface area (Å²) in [6, 6.07) is -0.940. The van der Waals surface area contributed by atoms with Gasteiger partial charge in [0.2, 0.25) is 0 Å². The summed E-state index contributed by atoms with van der Waals surface area (Å²) in [6.45, 7) is 6.96. The third-order valence-corrected chi connectivity index (χ3v) is 3.40. The van der Waals surface area contributed by atoms with Crippen molar-refractivity contribution >= 4 is 17.9 Å². The molecule has 1 saturated heterocycles. The van der Waals surface area contributed by atoms with E-state index in [1.165, 1.54) is 20.8 Å². The van der Waals surface area contributed by atoms with Gasteiger partial charge in [0.05, 0.1) is 6.10 Å². The van der Waals surface area contributed by atoms with Crippen molar-refractivity contribution in [2.24, 2.45) is 5.11 Å². The Morgan fingerprint density at radius 1 is 1.12 bits per heavy atom. The first-order chi connectivity index (χ1) is 11.8. The van der Waals surface area contributed by atoms with E-state index in [2.05, 4.69) is 16.6 Å². The molecule has 0 aromatic heterocycles. The lowest BCUT2D eigenvalue weighted by Crippen LogP contribution is -2.60. The molecule has 0 N–H and O–H groups in total. The number of azide groups is 1. The van der Waals surface area contributed by atoms with Crippen LogP contribution in [0.3, 0.4) is 0 Å². The highest BCUT2D eigenvalue weighted by Crippen LogP contribution is 2.30. The molecule has 1 fully saturated rings. The van der Waals surface area contributed by atoms with Gasteiger partial charge >= 0.3 is 17.9 Å². The highest BCUT2D eigenvalue weighted by Gasteiger charge is 2.49. The van der Waals surface area contributed by atoms with Crippen molar-refractivity contribution in [1.29, 1.82) is 0 Å². The van der Waals surface area contributed by atoms with Crippen LogP contribution in [0.1, 0.15) is 27.2 Å². The van der Waals surface area contributed by atoms with Gasteiger partial charge in [-0.2, -0.15) is 0 Å². The van der Waals surface area contributed by atoms with Gasteiger partial charge in [-0.1, -0.05) is 11.2 Å². The largest absolute Gasteiger partial charge is 0.463 e. The molecular formula is C15H21N3O7. The molecule has 3 unspecified atom stereocenters. The van der Waals surface area contributed by atoms with Gasteiger partial charge in [-0.25, -0.2) is 0 Å². The van der Waals surface area contributed by atoms with E-state index in [9.17, 15) is 14.4 Å². The Labute approximate surface area is 144 Å².